The molecule has 8 nitrogen and oxygen atoms in total. The molecule has 2 aromatic rings. The number of hydrogen-bond acceptors (Lipinski definition) is 6. The minimum Gasteiger partial charge on any atom is -0.324 e. The van der Waals surface area contributed by atoms with Crippen LogP contribution in [0.5, 0.6) is 0 Å². The summed E-state index contributed by atoms with van der Waals surface area (Å²) in [6.45, 7) is 1.53. The molecule has 29 heavy (non-hydrogen) atoms. The number of benzene rings is 2. The summed E-state index contributed by atoms with van der Waals surface area (Å²) in [5.41, 5.74) is 1.37. The van der Waals surface area contributed by atoms with Crippen molar-refractivity contribution >= 4 is 29.1 Å². The van der Waals surface area contributed by atoms with Gasteiger partial charge in [0.05, 0.1) is 5.69 Å². The Kier molecular flexibility index (Phi) is 4.53. The van der Waals surface area contributed by atoms with E-state index in [1.54, 1.807) is 12.1 Å². The van der Waals surface area contributed by atoms with Gasteiger partial charge in [0.2, 0.25) is 5.91 Å². The maximum atomic E-state index is 13.5. The number of anilines is 2. The van der Waals surface area contributed by atoms with Crippen molar-refractivity contribution in [1.29, 1.82) is 0 Å². The maximum absolute atomic E-state index is 13.5. The number of rotatable bonds is 4. The Morgan fingerprint density at radius 2 is 1.86 bits per heavy atom. The second-order valence-corrected chi connectivity index (χ2v) is 6.67. The minimum atomic E-state index is -1.18. The van der Waals surface area contributed by atoms with Gasteiger partial charge in [0.25, 0.3) is 11.8 Å². The normalized spacial score (nSPS) is 20.4. The highest BCUT2D eigenvalue weighted by atomic mass is 19.2. The summed E-state index contributed by atoms with van der Waals surface area (Å²) in [4.78, 5) is 38.5. The predicted octanol–water partition coefficient (Wildman–Crippen LogP) is 2.21. The zero-order valence-corrected chi connectivity index (χ0v) is 15.2. The number of nitrogens with zero attached hydrogens (tertiary/aromatic N) is 4. The molecule has 10 heteroatoms. The van der Waals surface area contributed by atoms with Crippen molar-refractivity contribution in [3.8, 4) is 0 Å². The number of hydrogen-bond donors (Lipinski definition) is 1. The first-order chi connectivity index (χ1) is 13.9. The molecule has 4 rings (SSSR count). The molecule has 3 amide bonds. The van der Waals surface area contributed by atoms with Gasteiger partial charge in [-0.1, -0.05) is 23.4 Å². The van der Waals surface area contributed by atoms with Crippen molar-refractivity contribution in [3.63, 3.8) is 0 Å². The van der Waals surface area contributed by atoms with E-state index in [-0.39, 0.29) is 12.2 Å². The van der Waals surface area contributed by atoms with Crippen LogP contribution >= 0.6 is 0 Å². The zero-order chi connectivity index (χ0) is 20.7. The van der Waals surface area contributed by atoms with E-state index >= 15 is 0 Å². The van der Waals surface area contributed by atoms with Gasteiger partial charge in [-0.3, -0.25) is 19.4 Å². The lowest BCUT2D eigenvalue weighted by molar-refractivity contribution is -0.123. The van der Waals surface area contributed by atoms with E-state index in [1.807, 2.05) is 19.1 Å². The number of carbonyl (C=O) groups is 3. The van der Waals surface area contributed by atoms with Gasteiger partial charge in [-0.25, -0.2) is 13.7 Å². The molecule has 2 aromatic carbocycles. The first kappa shape index (κ1) is 18.7. The van der Waals surface area contributed by atoms with E-state index in [0.29, 0.717) is 5.69 Å². The molecule has 148 valence electrons. The van der Waals surface area contributed by atoms with Crippen molar-refractivity contribution in [2.45, 2.75) is 19.0 Å². The molecule has 0 bridgehead atoms. The monoisotopic (exact) mass is 399 g/mol. The number of aryl methyl sites for hydroxylation is 1. The van der Waals surface area contributed by atoms with Crippen LogP contribution in [0.15, 0.2) is 52.8 Å². The summed E-state index contributed by atoms with van der Waals surface area (Å²) in [6.07, 6.45) is 0. The molecule has 1 N–H and O–H groups in total. The largest absolute Gasteiger partial charge is 0.324 e. The van der Waals surface area contributed by atoms with Crippen LogP contribution in [0.1, 0.15) is 5.56 Å². The molecule has 0 radical (unpaired) electrons. The van der Waals surface area contributed by atoms with E-state index in [0.717, 1.165) is 33.7 Å². The molecule has 0 saturated carbocycles. The molecule has 0 spiro atoms. The number of amides is 3. The van der Waals surface area contributed by atoms with E-state index in [1.165, 1.54) is 0 Å². The van der Waals surface area contributed by atoms with Crippen LogP contribution in [0.4, 0.5) is 20.2 Å². The quantitative estimate of drug-likeness (QED) is 0.798. The van der Waals surface area contributed by atoms with Crippen LogP contribution in [0.25, 0.3) is 0 Å². The fourth-order valence-electron chi connectivity index (χ4n) is 3.28. The van der Waals surface area contributed by atoms with E-state index in [2.05, 4.69) is 15.7 Å². The highest BCUT2D eigenvalue weighted by Gasteiger charge is 2.55. The SMILES string of the molecule is Cc1ccccc1NC(=O)CN1N=NC2C(=O)N(c3ccc(F)c(F)c3)C(=O)C21. The summed E-state index contributed by atoms with van der Waals surface area (Å²) in [5.74, 6) is -4.14. The lowest BCUT2D eigenvalue weighted by Crippen LogP contribution is -2.43. The predicted molar refractivity (Wildman–Crippen MR) is 97.8 cm³/mol. The molecule has 2 atom stereocenters. The van der Waals surface area contributed by atoms with Crippen LogP contribution in [-0.4, -0.2) is 41.4 Å². The zero-order valence-electron chi connectivity index (χ0n) is 15.2. The lowest BCUT2D eigenvalue weighted by Gasteiger charge is -2.20. The Morgan fingerprint density at radius 1 is 1.10 bits per heavy atom. The van der Waals surface area contributed by atoms with Crippen molar-refractivity contribution in [2.24, 2.45) is 10.3 Å². The smallest absolute Gasteiger partial charge is 0.263 e. The average Bonchev–Trinajstić information content (AvgIpc) is 3.20. The number of halogens is 2. The summed E-state index contributed by atoms with van der Waals surface area (Å²) in [7, 11) is 0. The van der Waals surface area contributed by atoms with Gasteiger partial charge >= 0.3 is 0 Å². The molecule has 1 saturated heterocycles. The highest BCUT2D eigenvalue weighted by molar-refractivity contribution is 6.25. The topological polar surface area (TPSA) is 94.4 Å². The van der Waals surface area contributed by atoms with Gasteiger partial charge < -0.3 is 5.32 Å². The summed E-state index contributed by atoms with van der Waals surface area (Å²) in [6, 6.07) is 7.64. The molecule has 1 fully saturated rings. The maximum Gasteiger partial charge on any atom is 0.263 e. The Labute approximate surface area is 163 Å². The third kappa shape index (κ3) is 3.22. The summed E-state index contributed by atoms with van der Waals surface area (Å²) < 4.78 is 26.7. The van der Waals surface area contributed by atoms with Crippen molar-refractivity contribution in [2.75, 3.05) is 16.8 Å². The van der Waals surface area contributed by atoms with Gasteiger partial charge in [-0.05, 0) is 30.7 Å². The molecular formula is C19H15F2N5O3. The van der Waals surface area contributed by atoms with E-state index in [4.69, 9.17) is 0 Å². The van der Waals surface area contributed by atoms with Crippen molar-refractivity contribution in [3.05, 3.63) is 59.7 Å². The van der Waals surface area contributed by atoms with Gasteiger partial charge in [-0.15, -0.1) is 0 Å². The fraction of sp³-hybridized carbons (Fsp3) is 0.211. The van der Waals surface area contributed by atoms with E-state index in [9.17, 15) is 23.2 Å². The van der Waals surface area contributed by atoms with Crippen LogP contribution in [-0.2, 0) is 14.4 Å². The number of para-hydroxylation sites is 1. The summed E-state index contributed by atoms with van der Waals surface area (Å²) in [5, 5.41) is 11.4. The van der Waals surface area contributed by atoms with Crippen LogP contribution < -0.4 is 10.2 Å². The Hall–Kier alpha value is -3.69. The second-order valence-electron chi connectivity index (χ2n) is 6.67. The first-order valence-corrected chi connectivity index (χ1v) is 8.72. The molecule has 0 aliphatic carbocycles. The molecule has 2 heterocycles. The Bertz CT molecular complexity index is 1060. The van der Waals surface area contributed by atoms with Gasteiger partial charge in [0, 0.05) is 11.8 Å². The van der Waals surface area contributed by atoms with Gasteiger partial charge in [0.1, 0.15) is 6.54 Å². The Morgan fingerprint density at radius 3 is 2.59 bits per heavy atom. The number of fused-ring (bicyclic) bond motifs is 1. The van der Waals surface area contributed by atoms with Crippen molar-refractivity contribution in [1.82, 2.24) is 5.01 Å². The molecular weight excluding hydrogens is 384 g/mol. The first-order valence-electron chi connectivity index (χ1n) is 8.72. The van der Waals surface area contributed by atoms with Crippen molar-refractivity contribution < 1.29 is 23.2 Å². The van der Waals surface area contributed by atoms with Crippen LogP contribution in [0.2, 0.25) is 0 Å². The van der Waals surface area contributed by atoms with Crippen LogP contribution in [0.3, 0.4) is 0 Å². The number of carbonyl (C=O) groups excluding carboxylic acids is 3. The highest BCUT2D eigenvalue weighted by Crippen LogP contribution is 2.32. The molecule has 0 aromatic heterocycles. The minimum absolute atomic E-state index is 0.104. The van der Waals surface area contributed by atoms with Gasteiger partial charge in [-0.2, -0.15) is 5.11 Å². The average molecular weight is 399 g/mol. The van der Waals surface area contributed by atoms with Gasteiger partial charge in [0.15, 0.2) is 23.7 Å². The lowest BCUT2D eigenvalue weighted by atomic mass is 10.1. The third-order valence-corrected chi connectivity index (χ3v) is 4.74. The summed E-state index contributed by atoms with van der Waals surface area (Å²) >= 11 is 0. The number of imide groups is 1. The molecule has 2 unspecified atom stereocenters. The Balaban J connectivity index is 1.51. The van der Waals surface area contributed by atoms with Crippen LogP contribution in [0, 0.1) is 18.6 Å². The second kappa shape index (κ2) is 7.04. The molecule has 2 aliphatic heterocycles. The fourth-order valence-corrected chi connectivity index (χ4v) is 3.28. The standard InChI is InChI=1S/C19H15F2N5O3/c1-10-4-2-3-5-14(10)22-15(27)9-25-17-16(23-24-25)18(28)26(19(17)29)11-6-7-12(20)13(21)8-11/h2-8,16-17H,9H2,1H3,(H,22,27). The number of nitrogens with one attached hydrogen (secondary N) is 1. The molecule has 2 aliphatic rings. The third-order valence-electron chi connectivity index (χ3n) is 4.74. The van der Waals surface area contributed by atoms with E-state index < -0.39 is 41.4 Å².